The van der Waals surface area contributed by atoms with Crippen LogP contribution in [0.4, 0.5) is 0 Å². The number of phenols is 1. The van der Waals surface area contributed by atoms with Gasteiger partial charge < -0.3 is 29.4 Å². The summed E-state index contributed by atoms with van der Waals surface area (Å²) in [4.78, 5) is 32.6. The van der Waals surface area contributed by atoms with E-state index in [9.17, 15) is 14.7 Å². The smallest absolute Gasteiger partial charge is 0.245 e. The maximum absolute atomic E-state index is 13.2. The Morgan fingerprint density at radius 3 is 2.73 bits per heavy atom. The molecular formula is C22H19N3O5. The van der Waals surface area contributed by atoms with E-state index in [2.05, 4.69) is 4.98 Å². The van der Waals surface area contributed by atoms with Gasteiger partial charge in [0, 0.05) is 36.1 Å². The van der Waals surface area contributed by atoms with E-state index in [0.717, 1.165) is 27.6 Å². The normalized spacial score (nSPS) is 22.4. The highest BCUT2D eigenvalue weighted by Gasteiger charge is 2.47. The van der Waals surface area contributed by atoms with Gasteiger partial charge in [-0.2, -0.15) is 0 Å². The molecule has 8 nitrogen and oxygen atoms in total. The highest BCUT2D eigenvalue weighted by molar-refractivity contribution is 5.97. The summed E-state index contributed by atoms with van der Waals surface area (Å²) in [6.07, 6.45) is 2.27. The van der Waals surface area contributed by atoms with Crippen molar-refractivity contribution in [3.8, 4) is 17.2 Å². The van der Waals surface area contributed by atoms with E-state index in [4.69, 9.17) is 9.47 Å². The zero-order valence-corrected chi connectivity index (χ0v) is 16.2. The number of H-pyrrole nitrogens is 1. The number of carbonyl (C=O) groups excluding carboxylic acids is 2. The second kappa shape index (κ2) is 5.91. The van der Waals surface area contributed by atoms with Crippen LogP contribution in [0.5, 0.6) is 17.2 Å². The first-order valence-electron chi connectivity index (χ1n) is 9.80. The lowest BCUT2D eigenvalue weighted by atomic mass is 9.82. The Hall–Kier alpha value is -3.68. The summed E-state index contributed by atoms with van der Waals surface area (Å²) in [5.74, 6) is 1.24. The number of aromatic amines is 1. The third-order valence-electron chi connectivity index (χ3n) is 6.27. The summed E-state index contributed by atoms with van der Waals surface area (Å²) in [6.45, 7) is 0.191. The number of hydrogen-bond donors (Lipinski definition) is 2. The van der Waals surface area contributed by atoms with Gasteiger partial charge in [-0.3, -0.25) is 9.59 Å². The number of fused-ring (bicyclic) bond motifs is 4. The van der Waals surface area contributed by atoms with Crippen molar-refractivity contribution in [1.82, 2.24) is 14.8 Å². The zero-order chi connectivity index (χ0) is 20.6. The first kappa shape index (κ1) is 17.2. The lowest BCUT2D eigenvalue weighted by Gasteiger charge is -2.47. The lowest BCUT2D eigenvalue weighted by Crippen LogP contribution is -2.62. The molecule has 1 aromatic heterocycles. The number of amides is 2. The fourth-order valence-electron chi connectivity index (χ4n) is 4.88. The van der Waals surface area contributed by atoms with Crippen LogP contribution < -0.4 is 9.47 Å². The minimum absolute atomic E-state index is 0.0410. The molecule has 0 radical (unpaired) electrons. The number of rotatable bonds is 1. The number of benzene rings is 2. The van der Waals surface area contributed by atoms with Crippen molar-refractivity contribution in [2.75, 3.05) is 20.4 Å². The van der Waals surface area contributed by atoms with E-state index in [1.165, 1.54) is 4.90 Å². The van der Waals surface area contributed by atoms with Gasteiger partial charge in [-0.15, -0.1) is 0 Å². The van der Waals surface area contributed by atoms with Crippen molar-refractivity contribution < 1.29 is 24.2 Å². The Bertz CT molecular complexity index is 1230. The number of nitrogens with one attached hydrogen (secondary N) is 1. The lowest BCUT2D eigenvalue weighted by molar-refractivity contribution is -0.157. The number of aromatic nitrogens is 1. The quantitative estimate of drug-likeness (QED) is 0.645. The SMILES string of the molecule is CN1CC(=O)N2[C@H](c3c[nH]c4ccc(O)cc34)c3cc4c(cc3C[C@H]2C1=O)OCO4. The van der Waals surface area contributed by atoms with E-state index in [1.54, 1.807) is 30.1 Å². The number of aromatic hydroxyl groups is 1. The molecule has 0 aliphatic carbocycles. The molecule has 8 heteroatoms. The topological polar surface area (TPSA) is 95.1 Å². The molecule has 30 heavy (non-hydrogen) atoms. The molecule has 152 valence electrons. The van der Waals surface area contributed by atoms with Crippen LogP contribution in [0.1, 0.15) is 22.7 Å². The molecule has 0 spiro atoms. The first-order chi connectivity index (χ1) is 14.5. The summed E-state index contributed by atoms with van der Waals surface area (Å²) >= 11 is 0. The Morgan fingerprint density at radius 2 is 1.90 bits per heavy atom. The number of likely N-dealkylation sites (N-methyl/N-ethyl adjacent to an activating group) is 1. The minimum Gasteiger partial charge on any atom is -0.508 e. The maximum Gasteiger partial charge on any atom is 0.245 e. The van der Waals surface area contributed by atoms with Crippen molar-refractivity contribution in [3.05, 3.63) is 53.2 Å². The standard InChI is InChI=1S/C22H19N3O5/c1-24-9-20(27)25-17(22(24)28)4-11-5-18-19(30-10-29-18)7-13(11)21(25)15-8-23-16-3-2-12(26)6-14(15)16/h2-3,5-8,17,21,23,26H,4,9-10H2,1H3/t17-,21-/m0/s1. The van der Waals surface area contributed by atoms with Gasteiger partial charge >= 0.3 is 0 Å². The van der Waals surface area contributed by atoms with Crippen molar-refractivity contribution in [2.45, 2.75) is 18.5 Å². The largest absolute Gasteiger partial charge is 0.508 e. The summed E-state index contributed by atoms with van der Waals surface area (Å²) in [7, 11) is 1.66. The molecule has 0 unspecified atom stereocenters. The van der Waals surface area contributed by atoms with Crippen LogP contribution in [-0.4, -0.2) is 58.1 Å². The fraction of sp³-hybridized carbons (Fsp3) is 0.273. The number of carbonyl (C=O) groups is 2. The van der Waals surface area contributed by atoms with Crippen molar-refractivity contribution in [2.24, 2.45) is 0 Å². The summed E-state index contributed by atoms with van der Waals surface area (Å²) < 4.78 is 11.1. The van der Waals surface area contributed by atoms with Gasteiger partial charge in [0.15, 0.2) is 11.5 Å². The predicted octanol–water partition coefficient (Wildman–Crippen LogP) is 1.92. The monoisotopic (exact) mass is 405 g/mol. The fourth-order valence-corrected chi connectivity index (χ4v) is 4.88. The molecule has 3 aliphatic heterocycles. The van der Waals surface area contributed by atoms with E-state index in [-0.39, 0.29) is 30.9 Å². The van der Waals surface area contributed by atoms with Crippen LogP contribution in [0.3, 0.4) is 0 Å². The molecule has 3 aliphatic rings. The van der Waals surface area contributed by atoms with Gasteiger partial charge in [0.05, 0.1) is 12.6 Å². The number of nitrogens with zero attached hydrogens (tertiary/aromatic N) is 2. The average Bonchev–Trinajstić information content (AvgIpc) is 3.35. The van der Waals surface area contributed by atoms with E-state index < -0.39 is 12.1 Å². The molecule has 4 heterocycles. The molecule has 1 saturated heterocycles. The Balaban J connectivity index is 1.61. The van der Waals surface area contributed by atoms with Crippen molar-refractivity contribution in [1.29, 1.82) is 0 Å². The van der Waals surface area contributed by atoms with Crippen LogP contribution in [0.2, 0.25) is 0 Å². The molecule has 2 atom stereocenters. The highest BCUT2D eigenvalue weighted by atomic mass is 16.7. The van der Waals surface area contributed by atoms with Crippen LogP contribution in [0.15, 0.2) is 36.5 Å². The molecular weight excluding hydrogens is 386 g/mol. The van der Waals surface area contributed by atoms with Crippen LogP contribution in [0.25, 0.3) is 10.9 Å². The first-order valence-corrected chi connectivity index (χ1v) is 9.80. The molecule has 2 aromatic carbocycles. The molecule has 0 saturated carbocycles. The summed E-state index contributed by atoms with van der Waals surface area (Å²) in [6, 6.07) is 7.86. The Morgan fingerprint density at radius 1 is 1.10 bits per heavy atom. The number of ether oxygens (including phenoxy) is 2. The molecule has 0 bridgehead atoms. The van der Waals surface area contributed by atoms with Gasteiger partial charge in [0.25, 0.3) is 0 Å². The van der Waals surface area contributed by atoms with Crippen molar-refractivity contribution in [3.63, 3.8) is 0 Å². The Labute approximate surface area is 171 Å². The molecule has 3 aromatic rings. The summed E-state index contributed by atoms with van der Waals surface area (Å²) in [5, 5.41) is 10.9. The van der Waals surface area contributed by atoms with Gasteiger partial charge in [0.2, 0.25) is 18.6 Å². The molecule has 1 fully saturated rings. The molecule has 2 amide bonds. The zero-order valence-electron chi connectivity index (χ0n) is 16.2. The Kier molecular flexibility index (Phi) is 3.39. The third kappa shape index (κ3) is 2.27. The summed E-state index contributed by atoms with van der Waals surface area (Å²) in [5.41, 5.74) is 3.54. The second-order valence-electron chi connectivity index (χ2n) is 8.00. The van der Waals surface area contributed by atoms with Gasteiger partial charge in [-0.25, -0.2) is 0 Å². The number of hydrogen-bond acceptors (Lipinski definition) is 5. The molecule has 2 N–H and O–H groups in total. The maximum atomic E-state index is 13.2. The molecule has 6 rings (SSSR count). The van der Waals surface area contributed by atoms with Gasteiger partial charge in [-0.05, 0) is 41.5 Å². The second-order valence-corrected chi connectivity index (χ2v) is 8.00. The van der Waals surface area contributed by atoms with Crippen LogP contribution in [-0.2, 0) is 16.0 Å². The number of phenolic OH excluding ortho intramolecular Hbond substituents is 1. The highest BCUT2D eigenvalue weighted by Crippen LogP contribution is 2.46. The minimum atomic E-state index is -0.587. The third-order valence-corrected chi connectivity index (χ3v) is 6.27. The van der Waals surface area contributed by atoms with E-state index >= 15 is 0 Å². The van der Waals surface area contributed by atoms with Crippen LogP contribution in [0, 0.1) is 0 Å². The van der Waals surface area contributed by atoms with Crippen molar-refractivity contribution >= 4 is 22.7 Å². The van der Waals surface area contributed by atoms with E-state index in [1.807, 2.05) is 18.3 Å². The van der Waals surface area contributed by atoms with Gasteiger partial charge in [-0.1, -0.05) is 0 Å². The predicted molar refractivity (Wildman–Crippen MR) is 106 cm³/mol. The van der Waals surface area contributed by atoms with Crippen LogP contribution >= 0.6 is 0 Å². The number of piperazine rings is 1. The van der Waals surface area contributed by atoms with E-state index in [0.29, 0.717) is 17.9 Å². The average molecular weight is 405 g/mol. The van der Waals surface area contributed by atoms with Gasteiger partial charge in [0.1, 0.15) is 11.8 Å².